The van der Waals surface area contributed by atoms with Crippen LogP contribution < -0.4 is 4.90 Å². The molecule has 0 aliphatic heterocycles. The van der Waals surface area contributed by atoms with Crippen LogP contribution in [0.5, 0.6) is 0 Å². The second-order valence-electron chi connectivity index (χ2n) is 4.89. The quantitative estimate of drug-likeness (QED) is 0.872. The number of nitrogens with zero attached hydrogens (tertiary/aromatic N) is 1. The van der Waals surface area contributed by atoms with Gasteiger partial charge in [0.15, 0.2) is 11.6 Å². The summed E-state index contributed by atoms with van der Waals surface area (Å²) in [7, 11) is 0. The topological polar surface area (TPSA) is 23.5 Å². The van der Waals surface area contributed by atoms with Crippen molar-refractivity contribution in [3.63, 3.8) is 0 Å². The summed E-state index contributed by atoms with van der Waals surface area (Å²) in [6, 6.07) is 13.4. The van der Waals surface area contributed by atoms with Gasteiger partial charge in [0.25, 0.3) is 0 Å². The minimum atomic E-state index is -0.929. The van der Waals surface area contributed by atoms with Gasteiger partial charge in [-0.25, -0.2) is 8.78 Å². The second kappa shape index (κ2) is 7.18. The Balaban J connectivity index is 1.99. The zero-order chi connectivity index (χ0) is 15.2. The maximum absolute atomic E-state index is 13.2. The summed E-state index contributed by atoms with van der Waals surface area (Å²) in [5.74, 6) is -1.83. The van der Waals surface area contributed by atoms with Gasteiger partial charge in [0.1, 0.15) is 0 Å². The summed E-state index contributed by atoms with van der Waals surface area (Å²) >= 11 is 0. The molecule has 1 N–H and O–H groups in total. The first-order chi connectivity index (χ1) is 10.1. The van der Waals surface area contributed by atoms with E-state index in [4.69, 9.17) is 0 Å². The van der Waals surface area contributed by atoms with Crippen LogP contribution in [0.2, 0.25) is 0 Å². The van der Waals surface area contributed by atoms with Gasteiger partial charge in [-0.05, 0) is 43.2 Å². The molecule has 0 spiro atoms. The van der Waals surface area contributed by atoms with Crippen molar-refractivity contribution in [2.75, 3.05) is 18.0 Å². The minimum absolute atomic E-state index is 0.401. The van der Waals surface area contributed by atoms with Crippen molar-refractivity contribution in [2.24, 2.45) is 0 Å². The lowest BCUT2D eigenvalue weighted by Crippen LogP contribution is -2.25. The minimum Gasteiger partial charge on any atom is -0.388 e. The van der Waals surface area contributed by atoms with Crippen LogP contribution in [-0.4, -0.2) is 18.2 Å². The highest BCUT2D eigenvalue weighted by Crippen LogP contribution is 2.21. The lowest BCUT2D eigenvalue weighted by Gasteiger charge is -2.24. The summed E-state index contributed by atoms with van der Waals surface area (Å²) in [6.07, 6.45) is -0.355. The Morgan fingerprint density at radius 2 is 1.76 bits per heavy atom. The molecule has 0 fully saturated rings. The van der Waals surface area contributed by atoms with E-state index in [2.05, 4.69) is 4.90 Å². The molecule has 0 heterocycles. The molecule has 112 valence electrons. The van der Waals surface area contributed by atoms with E-state index in [9.17, 15) is 13.9 Å². The molecule has 4 heteroatoms. The molecular formula is C17H19F2NO. The summed E-state index contributed by atoms with van der Waals surface area (Å²) < 4.78 is 26.1. The molecule has 0 radical (unpaired) electrons. The molecule has 0 amide bonds. The third-order valence-corrected chi connectivity index (χ3v) is 3.50. The predicted molar refractivity (Wildman–Crippen MR) is 80.3 cm³/mol. The van der Waals surface area contributed by atoms with E-state index in [1.165, 1.54) is 6.07 Å². The van der Waals surface area contributed by atoms with Gasteiger partial charge >= 0.3 is 0 Å². The number of aliphatic hydroxyl groups is 1. The van der Waals surface area contributed by atoms with Gasteiger partial charge in [0.2, 0.25) is 0 Å². The van der Waals surface area contributed by atoms with Crippen LogP contribution in [0.25, 0.3) is 0 Å². The fourth-order valence-electron chi connectivity index (χ4n) is 2.27. The second-order valence-corrected chi connectivity index (χ2v) is 4.89. The number of para-hydroxylation sites is 1. The largest absolute Gasteiger partial charge is 0.388 e. The Bertz CT molecular complexity index is 574. The summed E-state index contributed by atoms with van der Waals surface area (Å²) in [4.78, 5) is 2.13. The highest BCUT2D eigenvalue weighted by molar-refractivity contribution is 5.45. The highest BCUT2D eigenvalue weighted by Gasteiger charge is 2.13. The molecule has 21 heavy (non-hydrogen) atoms. The number of halogens is 2. The van der Waals surface area contributed by atoms with E-state index in [0.29, 0.717) is 18.5 Å². The average Bonchev–Trinajstić information content (AvgIpc) is 2.51. The van der Waals surface area contributed by atoms with Crippen molar-refractivity contribution >= 4 is 5.69 Å². The lowest BCUT2D eigenvalue weighted by atomic mass is 10.1. The zero-order valence-corrected chi connectivity index (χ0v) is 12.0. The van der Waals surface area contributed by atoms with E-state index in [1.54, 1.807) is 0 Å². The van der Waals surface area contributed by atoms with Gasteiger partial charge in [-0.1, -0.05) is 24.3 Å². The summed E-state index contributed by atoms with van der Waals surface area (Å²) in [5.41, 5.74) is 1.48. The number of aliphatic hydroxyl groups excluding tert-OH is 1. The molecule has 0 saturated carbocycles. The molecule has 0 aromatic heterocycles. The van der Waals surface area contributed by atoms with Gasteiger partial charge in [-0.15, -0.1) is 0 Å². The van der Waals surface area contributed by atoms with Crippen LogP contribution >= 0.6 is 0 Å². The van der Waals surface area contributed by atoms with Gasteiger partial charge in [0.05, 0.1) is 6.10 Å². The van der Waals surface area contributed by atoms with Crippen molar-refractivity contribution in [3.8, 4) is 0 Å². The Hall–Kier alpha value is -1.94. The first-order valence-electron chi connectivity index (χ1n) is 7.04. The standard InChI is InChI=1S/C17H19F2NO/c1-2-20(14-6-4-3-5-7-14)11-10-17(21)13-8-9-15(18)16(19)12-13/h3-9,12,17,21H,2,10-11H2,1H3. The Labute approximate surface area is 123 Å². The third-order valence-electron chi connectivity index (χ3n) is 3.50. The number of anilines is 1. The first kappa shape index (κ1) is 15.4. The molecular weight excluding hydrogens is 272 g/mol. The number of benzene rings is 2. The molecule has 0 aliphatic carbocycles. The van der Waals surface area contributed by atoms with Crippen LogP contribution in [0, 0.1) is 11.6 Å². The molecule has 2 nitrogen and oxygen atoms in total. The number of hydrogen-bond donors (Lipinski definition) is 1. The summed E-state index contributed by atoms with van der Waals surface area (Å²) in [5, 5.41) is 10.1. The molecule has 1 atom stereocenters. The Morgan fingerprint density at radius 3 is 2.38 bits per heavy atom. The van der Waals surface area contributed by atoms with Gasteiger partial charge in [-0.2, -0.15) is 0 Å². The van der Waals surface area contributed by atoms with E-state index in [0.717, 1.165) is 24.4 Å². The molecule has 2 aromatic carbocycles. The molecule has 2 aromatic rings. The monoisotopic (exact) mass is 291 g/mol. The third kappa shape index (κ3) is 4.02. The first-order valence-corrected chi connectivity index (χ1v) is 7.04. The highest BCUT2D eigenvalue weighted by atomic mass is 19.2. The Kier molecular flexibility index (Phi) is 5.28. The van der Waals surface area contributed by atoms with Crippen LogP contribution in [-0.2, 0) is 0 Å². The SMILES string of the molecule is CCN(CCC(O)c1ccc(F)c(F)c1)c1ccccc1. The smallest absolute Gasteiger partial charge is 0.159 e. The molecule has 0 bridgehead atoms. The fraction of sp³-hybridized carbons (Fsp3) is 0.294. The van der Waals surface area contributed by atoms with Crippen molar-refractivity contribution < 1.29 is 13.9 Å². The normalized spacial score (nSPS) is 12.2. The van der Waals surface area contributed by atoms with Crippen LogP contribution in [0.4, 0.5) is 14.5 Å². The zero-order valence-electron chi connectivity index (χ0n) is 12.0. The van der Waals surface area contributed by atoms with Gasteiger partial charge in [-0.3, -0.25) is 0 Å². The number of rotatable bonds is 6. The molecule has 2 rings (SSSR count). The Morgan fingerprint density at radius 1 is 1.05 bits per heavy atom. The lowest BCUT2D eigenvalue weighted by molar-refractivity contribution is 0.169. The number of hydrogen-bond acceptors (Lipinski definition) is 2. The summed E-state index contributed by atoms with van der Waals surface area (Å²) in [6.45, 7) is 3.49. The fourth-order valence-corrected chi connectivity index (χ4v) is 2.27. The van der Waals surface area contributed by atoms with Gasteiger partial charge in [0, 0.05) is 18.8 Å². The predicted octanol–water partition coefficient (Wildman–Crippen LogP) is 3.91. The van der Waals surface area contributed by atoms with E-state index in [1.807, 2.05) is 37.3 Å². The average molecular weight is 291 g/mol. The molecule has 0 saturated heterocycles. The molecule has 1 unspecified atom stereocenters. The van der Waals surface area contributed by atoms with E-state index < -0.39 is 17.7 Å². The van der Waals surface area contributed by atoms with Crippen molar-refractivity contribution in [1.82, 2.24) is 0 Å². The van der Waals surface area contributed by atoms with Crippen LogP contribution in [0.3, 0.4) is 0 Å². The van der Waals surface area contributed by atoms with Gasteiger partial charge < -0.3 is 10.0 Å². The molecule has 0 aliphatic rings. The van der Waals surface area contributed by atoms with Crippen LogP contribution in [0.15, 0.2) is 48.5 Å². The van der Waals surface area contributed by atoms with Crippen LogP contribution in [0.1, 0.15) is 25.0 Å². The van der Waals surface area contributed by atoms with Crippen molar-refractivity contribution in [3.05, 3.63) is 65.7 Å². The maximum atomic E-state index is 13.2. The van der Waals surface area contributed by atoms with Crippen molar-refractivity contribution in [2.45, 2.75) is 19.4 Å². The van der Waals surface area contributed by atoms with E-state index in [-0.39, 0.29) is 0 Å². The van der Waals surface area contributed by atoms with E-state index >= 15 is 0 Å². The maximum Gasteiger partial charge on any atom is 0.159 e. The van der Waals surface area contributed by atoms with Crippen molar-refractivity contribution in [1.29, 1.82) is 0 Å².